The molecule has 2 N–H and O–H groups in total. The van der Waals surface area contributed by atoms with Gasteiger partial charge in [-0.05, 0) is 43.5 Å². The van der Waals surface area contributed by atoms with Gasteiger partial charge >= 0.3 is 5.97 Å². The average Bonchev–Trinajstić information content (AvgIpc) is 3.18. The smallest absolute Gasteiger partial charge is 0.343 e. The molecule has 0 spiro atoms. The SMILES string of the molecule is CC[C@@]1(O)C(=O)OCc2c1cc1n(c2=O)Cc2c-1nc1cc(F)c(C)cc1c2[C@H](C)OCCO. The minimum Gasteiger partial charge on any atom is -0.458 e. The number of hydrogen-bond acceptors (Lipinski definition) is 7. The zero-order valence-corrected chi connectivity index (χ0v) is 19.1. The number of aliphatic hydroxyl groups is 2. The monoisotopic (exact) mass is 468 g/mol. The normalized spacial score (nSPS) is 19.5. The summed E-state index contributed by atoms with van der Waals surface area (Å²) >= 11 is 0. The molecule has 0 fully saturated rings. The van der Waals surface area contributed by atoms with Gasteiger partial charge in [0.15, 0.2) is 5.60 Å². The van der Waals surface area contributed by atoms with Crippen LogP contribution in [0.1, 0.15) is 54.2 Å². The molecule has 0 amide bonds. The third-order valence-electron chi connectivity index (χ3n) is 6.88. The van der Waals surface area contributed by atoms with Crippen LogP contribution in [0.3, 0.4) is 0 Å². The standard InChI is InChI=1S/C25H25FN2O6/c1-4-25(32)17-8-20-22-15(10-28(20)23(30)16(17)11-34-24(25)31)21(13(3)33-6-5-29)14-7-12(2)18(26)9-19(14)27-22/h7-9,13,29,32H,4-6,10-11H2,1-3H3/t13-,25-/m0/s1. The Balaban J connectivity index is 1.81. The number of hydrogen-bond donors (Lipinski definition) is 2. The largest absolute Gasteiger partial charge is 0.458 e. The predicted octanol–water partition coefficient (Wildman–Crippen LogP) is 2.60. The number of rotatable bonds is 5. The number of cyclic esters (lactones) is 1. The van der Waals surface area contributed by atoms with Gasteiger partial charge in [0.2, 0.25) is 0 Å². The van der Waals surface area contributed by atoms with E-state index in [9.17, 15) is 24.2 Å². The number of nitrogens with zero attached hydrogens (tertiary/aromatic N) is 2. The molecule has 0 saturated carbocycles. The van der Waals surface area contributed by atoms with E-state index in [0.717, 1.165) is 11.1 Å². The Hall–Kier alpha value is -3.14. The third kappa shape index (κ3) is 3.11. The highest BCUT2D eigenvalue weighted by molar-refractivity contribution is 5.90. The molecule has 0 radical (unpaired) electrons. The molecule has 8 nitrogen and oxygen atoms in total. The Morgan fingerprint density at radius 2 is 2.06 bits per heavy atom. The molecular weight excluding hydrogens is 443 g/mol. The van der Waals surface area contributed by atoms with Crippen molar-refractivity contribution in [3.05, 3.63) is 62.2 Å². The summed E-state index contributed by atoms with van der Waals surface area (Å²) in [6.07, 6.45) is -0.421. The minimum atomic E-state index is -1.93. The molecule has 1 aromatic carbocycles. The van der Waals surface area contributed by atoms with E-state index in [0.29, 0.717) is 27.9 Å². The summed E-state index contributed by atoms with van der Waals surface area (Å²) in [7, 11) is 0. The van der Waals surface area contributed by atoms with Crippen LogP contribution < -0.4 is 5.56 Å². The van der Waals surface area contributed by atoms with Gasteiger partial charge in [0.25, 0.3) is 5.56 Å². The Morgan fingerprint density at radius 3 is 2.76 bits per heavy atom. The molecule has 2 aliphatic heterocycles. The molecule has 0 saturated heterocycles. The Kier molecular flexibility index (Phi) is 5.31. The highest BCUT2D eigenvalue weighted by Crippen LogP contribution is 2.42. The summed E-state index contributed by atoms with van der Waals surface area (Å²) in [5.41, 5.74) is 1.44. The van der Waals surface area contributed by atoms with Crippen LogP contribution in [0.4, 0.5) is 4.39 Å². The molecule has 0 unspecified atom stereocenters. The number of carbonyl (C=O) groups excluding carboxylic acids is 1. The first kappa shape index (κ1) is 22.6. The first-order valence-electron chi connectivity index (χ1n) is 11.2. The van der Waals surface area contributed by atoms with E-state index in [1.165, 1.54) is 10.6 Å². The summed E-state index contributed by atoms with van der Waals surface area (Å²) in [6, 6.07) is 4.69. The maximum Gasteiger partial charge on any atom is 0.343 e. The van der Waals surface area contributed by atoms with Crippen LogP contribution in [-0.4, -0.2) is 38.9 Å². The third-order valence-corrected chi connectivity index (χ3v) is 6.88. The molecule has 178 valence electrons. The number of benzene rings is 1. The molecular formula is C25H25FN2O6. The number of pyridine rings is 2. The zero-order valence-electron chi connectivity index (χ0n) is 19.1. The van der Waals surface area contributed by atoms with Gasteiger partial charge in [-0.3, -0.25) is 4.79 Å². The highest BCUT2D eigenvalue weighted by atomic mass is 19.1. The number of ether oxygens (including phenoxy) is 2. The van der Waals surface area contributed by atoms with Gasteiger partial charge in [0, 0.05) is 22.6 Å². The summed E-state index contributed by atoms with van der Waals surface area (Å²) in [6.45, 7) is 5.10. The molecule has 2 atom stereocenters. The maximum atomic E-state index is 14.5. The Bertz CT molecular complexity index is 1420. The molecule has 9 heteroatoms. The second-order valence-electron chi connectivity index (χ2n) is 8.81. The van der Waals surface area contributed by atoms with Crippen LogP contribution in [0.25, 0.3) is 22.3 Å². The fourth-order valence-corrected chi connectivity index (χ4v) is 5.02. The number of halogens is 1. The number of aliphatic hydroxyl groups excluding tert-OH is 1. The van der Waals surface area contributed by atoms with Crippen molar-refractivity contribution >= 4 is 16.9 Å². The van der Waals surface area contributed by atoms with Gasteiger partial charge in [0.1, 0.15) is 12.4 Å². The average molecular weight is 468 g/mol. The number of aryl methyl sites for hydroxylation is 1. The van der Waals surface area contributed by atoms with Gasteiger partial charge < -0.3 is 24.3 Å². The van der Waals surface area contributed by atoms with Crippen LogP contribution in [0, 0.1) is 12.7 Å². The van der Waals surface area contributed by atoms with E-state index < -0.39 is 23.5 Å². The van der Waals surface area contributed by atoms with Crippen LogP contribution in [0.2, 0.25) is 0 Å². The molecule has 5 rings (SSSR count). The number of aromatic nitrogens is 2. The lowest BCUT2D eigenvalue weighted by Crippen LogP contribution is -2.44. The zero-order chi connectivity index (χ0) is 24.4. The predicted molar refractivity (Wildman–Crippen MR) is 121 cm³/mol. The first-order valence-corrected chi connectivity index (χ1v) is 11.2. The van der Waals surface area contributed by atoms with E-state index >= 15 is 0 Å². The summed E-state index contributed by atoms with van der Waals surface area (Å²) in [5, 5.41) is 21.0. The van der Waals surface area contributed by atoms with Gasteiger partial charge in [-0.25, -0.2) is 14.2 Å². The van der Waals surface area contributed by atoms with E-state index in [1.807, 2.05) is 6.92 Å². The lowest BCUT2D eigenvalue weighted by Gasteiger charge is -2.31. The molecule has 34 heavy (non-hydrogen) atoms. The van der Waals surface area contributed by atoms with Crippen molar-refractivity contribution in [2.45, 2.75) is 52.0 Å². The fraction of sp³-hybridized carbons (Fsp3) is 0.400. The van der Waals surface area contributed by atoms with Crippen LogP contribution in [0.15, 0.2) is 23.0 Å². The van der Waals surface area contributed by atoms with Gasteiger partial charge in [-0.2, -0.15) is 0 Å². The molecule has 4 heterocycles. The van der Waals surface area contributed by atoms with E-state index in [1.54, 1.807) is 26.0 Å². The maximum absolute atomic E-state index is 14.5. The summed E-state index contributed by atoms with van der Waals surface area (Å²) < 4.78 is 26.9. The van der Waals surface area contributed by atoms with Crippen molar-refractivity contribution in [2.75, 3.05) is 13.2 Å². The van der Waals surface area contributed by atoms with Crippen molar-refractivity contribution in [2.24, 2.45) is 0 Å². The van der Waals surface area contributed by atoms with Crippen molar-refractivity contribution in [3.63, 3.8) is 0 Å². The van der Waals surface area contributed by atoms with Crippen molar-refractivity contribution in [1.29, 1.82) is 0 Å². The van der Waals surface area contributed by atoms with E-state index in [-0.39, 0.29) is 49.5 Å². The highest BCUT2D eigenvalue weighted by Gasteiger charge is 2.45. The van der Waals surface area contributed by atoms with Crippen molar-refractivity contribution < 1.29 is 28.9 Å². The van der Waals surface area contributed by atoms with Gasteiger partial charge in [-0.1, -0.05) is 6.92 Å². The number of esters is 1. The molecule has 2 aliphatic rings. The lowest BCUT2D eigenvalue weighted by molar-refractivity contribution is -0.172. The summed E-state index contributed by atoms with van der Waals surface area (Å²) in [4.78, 5) is 30.5. The first-order chi connectivity index (χ1) is 16.2. The van der Waals surface area contributed by atoms with Crippen molar-refractivity contribution in [3.8, 4) is 11.4 Å². The van der Waals surface area contributed by atoms with Gasteiger partial charge in [-0.15, -0.1) is 0 Å². The molecule has 0 bridgehead atoms. The van der Waals surface area contributed by atoms with Crippen molar-refractivity contribution in [1.82, 2.24) is 9.55 Å². The Labute approximate surface area is 194 Å². The van der Waals surface area contributed by atoms with Crippen LogP contribution in [-0.2, 0) is 33.0 Å². The molecule has 2 aromatic heterocycles. The molecule has 3 aromatic rings. The quantitative estimate of drug-likeness (QED) is 0.433. The second kappa shape index (κ2) is 7.97. The van der Waals surface area contributed by atoms with E-state index in [4.69, 9.17) is 14.5 Å². The fourth-order valence-electron chi connectivity index (χ4n) is 5.02. The number of fused-ring (bicyclic) bond motifs is 5. The second-order valence-corrected chi connectivity index (χ2v) is 8.81. The number of carbonyl (C=O) groups is 1. The topological polar surface area (TPSA) is 111 Å². The van der Waals surface area contributed by atoms with Gasteiger partial charge in [0.05, 0.1) is 48.3 Å². The summed E-state index contributed by atoms with van der Waals surface area (Å²) in [5.74, 6) is -1.19. The lowest BCUT2D eigenvalue weighted by atomic mass is 9.86. The van der Waals surface area contributed by atoms with Crippen LogP contribution in [0.5, 0.6) is 0 Å². The minimum absolute atomic E-state index is 0.0432. The van der Waals surface area contributed by atoms with Crippen LogP contribution >= 0.6 is 0 Å². The molecule has 0 aliphatic carbocycles. The Morgan fingerprint density at radius 1 is 1.29 bits per heavy atom. The van der Waals surface area contributed by atoms with E-state index in [2.05, 4.69) is 0 Å².